The lowest BCUT2D eigenvalue weighted by Gasteiger charge is -2.26. The Bertz CT molecular complexity index is 1040. The van der Waals surface area contributed by atoms with Gasteiger partial charge in [0.25, 0.3) is 10.0 Å². The minimum atomic E-state index is -4.11. The molecular weight excluding hydrogens is 357 g/mol. The molecule has 2 aromatic carbocycles. The van der Waals surface area contributed by atoms with Crippen molar-refractivity contribution in [2.75, 3.05) is 26.3 Å². The Morgan fingerprint density at radius 2 is 1.73 bits per heavy atom. The van der Waals surface area contributed by atoms with Gasteiger partial charge < -0.3 is 4.74 Å². The number of hydrogen-bond acceptors (Lipinski definition) is 5. The van der Waals surface area contributed by atoms with Crippen molar-refractivity contribution in [2.45, 2.75) is 11.4 Å². The predicted octanol–water partition coefficient (Wildman–Crippen LogP) is 2.24. The molecule has 4 rings (SSSR count). The third-order valence-corrected chi connectivity index (χ3v) is 6.18. The van der Waals surface area contributed by atoms with E-state index in [2.05, 4.69) is 9.88 Å². The monoisotopic (exact) mass is 375 g/mol. The highest BCUT2D eigenvalue weighted by atomic mass is 32.2. The van der Waals surface area contributed by atoms with Crippen LogP contribution in [0.15, 0.2) is 53.4 Å². The van der Waals surface area contributed by atoms with Crippen LogP contribution in [-0.4, -0.2) is 48.6 Å². The van der Waals surface area contributed by atoms with Crippen molar-refractivity contribution in [1.82, 2.24) is 13.9 Å². The van der Waals surface area contributed by atoms with Gasteiger partial charge in [-0.3, -0.25) is 4.90 Å². The van der Waals surface area contributed by atoms with Crippen LogP contribution in [0.25, 0.3) is 11.0 Å². The lowest BCUT2D eigenvalue weighted by Crippen LogP contribution is -2.36. The Kier molecular flexibility index (Phi) is 4.47. The van der Waals surface area contributed by atoms with Crippen LogP contribution in [0, 0.1) is 5.82 Å². The molecule has 6 nitrogen and oxygen atoms in total. The molecule has 0 aliphatic carbocycles. The third kappa shape index (κ3) is 3.00. The largest absolute Gasteiger partial charge is 0.379 e. The summed E-state index contributed by atoms with van der Waals surface area (Å²) >= 11 is 0. The van der Waals surface area contributed by atoms with Gasteiger partial charge in [-0.25, -0.2) is 21.8 Å². The first-order chi connectivity index (χ1) is 12.6. The van der Waals surface area contributed by atoms with Crippen molar-refractivity contribution < 1.29 is 17.5 Å². The molecule has 0 radical (unpaired) electrons. The van der Waals surface area contributed by atoms with Crippen LogP contribution in [0.3, 0.4) is 0 Å². The fourth-order valence-corrected chi connectivity index (χ4v) is 4.68. The van der Waals surface area contributed by atoms with E-state index >= 15 is 0 Å². The highest BCUT2D eigenvalue weighted by Crippen LogP contribution is 2.25. The Morgan fingerprint density at radius 3 is 2.50 bits per heavy atom. The molecule has 3 aromatic rings. The molecule has 0 saturated carbocycles. The van der Waals surface area contributed by atoms with E-state index in [9.17, 15) is 12.8 Å². The number of nitrogens with zero attached hydrogens (tertiary/aromatic N) is 3. The van der Waals surface area contributed by atoms with Crippen LogP contribution in [0.2, 0.25) is 0 Å². The van der Waals surface area contributed by atoms with Crippen molar-refractivity contribution in [2.24, 2.45) is 0 Å². The fraction of sp³-hybridized carbons (Fsp3) is 0.278. The minimum absolute atomic E-state index is 0.353. The smallest absolute Gasteiger partial charge is 0.272 e. The Balaban J connectivity index is 1.87. The van der Waals surface area contributed by atoms with Gasteiger partial charge in [0.2, 0.25) is 0 Å². The maximum atomic E-state index is 14.2. The second-order valence-corrected chi connectivity index (χ2v) is 7.86. The molecule has 0 N–H and O–H groups in total. The molecule has 0 spiro atoms. The summed E-state index contributed by atoms with van der Waals surface area (Å²) in [5.74, 6) is -0.404. The van der Waals surface area contributed by atoms with Crippen LogP contribution in [0.5, 0.6) is 0 Å². The van der Waals surface area contributed by atoms with Gasteiger partial charge in [-0.15, -0.1) is 0 Å². The third-order valence-electron chi connectivity index (χ3n) is 4.41. The van der Waals surface area contributed by atoms with E-state index in [0.717, 1.165) is 10.0 Å². The highest BCUT2D eigenvalue weighted by molar-refractivity contribution is 7.90. The minimum Gasteiger partial charge on any atom is -0.379 e. The zero-order valence-corrected chi connectivity index (χ0v) is 14.8. The number of benzene rings is 2. The number of aromatic nitrogens is 2. The second kappa shape index (κ2) is 6.79. The summed E-state index contributed by atoms with van der Waals surface area (Å²) in [5.41, 5.74) is 1.01. The van der Waals surface area contributed by atoms with Gasteiger partial charge in [0.1, 0.15) is 16.5 Å². The van der Waals surface area contributed by atoms with Crippen LogP contribution in [0.1, 0.15) is 5.82 Å². The summed E-state index contributed by atoms with van der Waals surface area (Å²) < 4.78 is 47.2. The molecule has 26 heavy (non-hydrogen) atoms. The second-order valence-electron chi connectivity index (χ2n) is 6.11. The Labute approximate surface area is 150 Å². The molecule has 0 unspecified atom stereocenters. The number of para-hydroxylation sites is 2. The Morgan fingerprint density at radius 1 is 1.04 bits per heavy atom. The number of imidazole rings is 1. The first-order valence-electron chi connectivity index (χ1n) is 8.34. The average Bonchev–Trinajstić information content (AvgIpc) is 3.01. The molecule has 1 fully saturated rings. The van der Waals surface area contributed by atoms with Gasteiger partial charge in [-0.05, 0) is 24.3 Å². The van der Waals surface area contributed by atoms with E-state index in [0.29, 0.717) is 49.7 Å². The molecule has 1 aliphatic rings. The lowest BCUT2D eigenvalue weighted by atomic mass is 10.3. The van der Waals surface area contributed by atoms with Crippen LogP contribution >= 0.6 is 0 Å². The maximum Gasteiger partial charge on any atom is 0.272 e. The van der Waals surface area contributed by atoms with E-state index < -0.39 is 15.8 Å². The van der Waals surface area contributed by atoms with Gasteiger partial charge in [-0.2, -0.15) is 0 Å². The highest BCUT2D eigenvalue weighted by Gasteiger charge is 2.27. The van der Waals surface area contributed by atoms with Gasteiger partial charge in [0, 0.05) is 13.1 Å². The molecule has 1 saturated heterocycles. The van der Waals surface area contributed by atoms with Gasteiger partial charge in [0.05, 0.1) is 30.8 Å². The van der Waals surface area contributed by atoms with Crippen molar-refractivity contribution >= 4 is 21.1 Å². The van der Waals surface area contributed by atoms with Crippen LogP contribution in [-0.2, 0) is 21.3 Å². The summed E-state index contributed by atoms with van der Waals surface area (Å²) in [5, 5.41) is 0. The van der Waals surface area contributed by atoms with E-state index in [-0.39, 0.29) is 4.90 Å². The number of fused-ring (bicyclic) bond motifs is 1. The number of halogens is 1. The van der Waals surface area contributed by atoms with Gasteiger partial charge >= 0.3 is 0 Å². The average molecular weight is 375 g/mol. The number of rotatable bonds is 4. The van der Waals surface area contributed by atoms with Crippen molar-refractivity contribution in [3.8, 4) is 0 Å². The zero-order valence-electron chi connectivity index (χ0n) is 14.0. The molecule has 1 aromatic heterocycles. The fourth-order valence-electron chi connectivity index (χ4n) is 3.13. The van der Waals surface area contributed by atoms with Crippen molar-refractivity contribution in [3.63, 3.8) is 0 Å². The molecule has 0 amide bonds. The first kappa shape index (κ1) is 17.1. The number of morpholine rings is 1. The summed E-state index contributed by atoms with van der Waals surface area (Å²) in [6, 6.07) is 12.4. The summed E-state index contributed by atoms with van der Waals surface area (Å²) in [7, 11) is -4.11. The van der Waals surface area contributed by atoms with Gasteiger partial charge in [-0.1, -0.05) is 24.3 Å². The van der Waals surface area contributed by atoms with E-state index in [1.165, 1.54) is 18.2 Å². The SMILES string of the molecule is O=S(=O)(c1ccccc1F)n1c(CN2CCOCC2)nc2ccccc21. The normalized spacial score (nSPS) is 16.2. The number of hydrogen-bond donors (Lipinski definition) is 0. The topological polar surface area (TPSA) is 64.4 Å². The Hall–Kier alpha value is -2.29. The molecule has 0 atom stereocenters. The van der Waals surface area contributed by atoms with Gasteiger partial charge in [0.15, 0.2) is 0 Å². The number of ether oxygens (including phenoxy) is 1. The van der Waals surface area contributed by atoms with E-state index in [1.54, 1.807) is 24.3 Å². The summed E-state index contributed by atoms with van der Waals surface area (Å²) in [4.78, 5) is 6.23. The quantitative estimate of drug-likeness (QED) is 0.700. The standard InChI is InChI=1S/C18H18FN3O3S/c19-14-5-1-4-8-17(14)26(23,24)22-16-7-3-2-6-15(16)20-18(22)13-21-9-11-25-12-10-21/h1-8H,9-13H2. The van der Waals surface area contributed by atoms with Crippen molar-refractivity contribution in [3.05, 3.63) is 60.2 Å². The molecule has 136 valence electrons. The van der Waals surface area contributed by atoms with E-state index in [4.69, 9.17) is 4.74 Å². The van der Waals surface area contributed by atoms with Crippen molar-refractivity contribution in [1.29, 1.82) is 0 Å². The predicted molar refractivity (Wildman–Crippen MR) is 94.8 cm³/mol. The van der Waals surface area contributed by atoms with Crippen LogP contribution in [0.4, 0.5) is 4.39 Å². The maximum absolute atomic E-state index is 14.2. The summed E-state index contributed by atoms with van der Waals surface area (Å²) in [6.07, 6.45) is 0. The zero-order chi connectivity index (χ0) is 18.1. The molecule has 8 heteroatoms. The molecular formula is C18H18FN3O3S. The molecule has 0 bridgehead atoms. The molecule has 2 heterocycles. The first-order valence-corrected chi connectivity index (χ1v) is 9.78. The lowest BCUT2D eigenvalue weighted by molar-refractivity contribution is 0.0330. The van der Waals surface area contributed by atoms with Crippen LogP contribution < -0.4 is 0 Å². The summed E-state index contributed by atoms with van der Waals surface area (Å²) in [6.45, 7) is 2.94. The van der Waals surface area contributed by atoms with E-state index in [1.807, 2.05) is 0 Å². The molecule has 1 aliphatic heterocycles.